The van der Waals surface area contributed by atoms with E-state index in [1.54, 1.807) is 22.3 Å². The van der Waals surface area contributed by atoms with E-state index in [9.17, 15) is 0 Å². The minimum atomic E-state index is 1.18. The molecule has 0 amide bonds. The molecule has 0 saturated heterocycles. The second-order valence-corrected chi connectivity index (χ2v) is 7.41. The van der Waals surface area contributed by atoms with Crippen molar-refractivity contribution in [2.75, 3.05) is 0 Å². The molecule has 0 nitrogen and oxygen atoms in total. The first kappa shape index (κ1) is 17.3. The Balaban J connectivity index is 1.88. The van der Waals surface area contributed by atoms with E-state index in [0.29, 0.717) is 0 Å². The third-order valence-electron chi connectivity index (χ3n) is 5.51. The van der Waals surface area contributed by atoms with Crippen LogP contribution < -0.4 is 0 Å². The van der Waals surface area contributed by atoms with Crippen LogP contribution >= 0.6 is 0 Å². The lowest BCUT2D eigenvalue weighted by Crippen LogP contribution is -2.05. The predicted molar refractivity (Wildman–Crippen MR) is 105 cm³/mol. The summed E-state index contributed by atoms with van der Waals surface area (Å²) in [6.45, 7) is 4.58. The Labute approximate surface area is 148 Å². The van der Waals surface area contributed by atoms with Crippen molar-refractivity contribution in [2.45, 2.75) is 78.1 Å². The maximum atomic E-state index is 2.50. The molecule has 2 aromatic carbocycles. The first-order valence-corrected chi connectivity index (χ1v) is 10.0. The predicted octanol–water partition coefficient (Wildman–Crippen LogP) is 6.26. The van der Waals surface area contributed by atoms with E-state index in [2.05, 4.69) is 50.2 Å². The summed E-state index contributed by atoms with van der Waals surface area (Å²) in [6.07, 6.45) is 12.4. The van der Waals surface area contributed by atoms with Crippen molar-refractivity contribution >= 4 is 0 Å². The summed E-state index contributed by atoms with van der Waals surface area (Å²) >= 11 is 0. The highest BCUT2D eigenvalue weighted by Crippen LogP contribution is 2.23. The molecule has 0 unspecified atom stereocenters. The number of hydrogen-bond donors (Lipinski definition) is 0. The summed E-state index contributed by atoms with van der Waals surface area (Å²) in [7, 11) is 0. The summed E-state index contributed by atoms with van der Waals surface area (Å²) in [5.74, 6) is 0. The van der Waals surface area contributed by atoms with Crippen LogP contribution in [0.15, 0.2) is 36.4 Å². The number of hydrogen-bond acceptors (Lipinski definition) is 0. The molecule has 0 spiro atoms. The Bertz CT molecular complexity index is 606. The molecule has 0 atom stereocenters. The molecule has 4 bridgehead atoms. The van der Waals surface area contributed by atoms with Crippen molar-refractivity contribution < 1.29 is 0 Å². The minimum Gasteiger partial charge on any atom is -0.0654 e. The molecule has 128 valence electrons. The Morgan fingerprint density at radius 1 is 0.625 bits per heavy atom. The minimum absolute atomic E-state index is 1.18. The fraction of sp³-hybridized carbons (Fsp3) is 0.500. The molecule has 0 radical (unpaired) electrons. The highest BCUT2D eigenvalue weighted by molar-refractivity contribution is 5.38. The van der Waals surface area contributed by atoms with Gasteiger partial charge in [-0.3, -0.25) is 0 Å². The molecule has 24 heavy (non-hydrogen) atoms. The molecular formula is C24H32. The molecule has 0 heteroatoms. The Kier molecular flexibility index (Phi) is 6.12. The van der Waals surface area contributed by atoms with Crippen LogP contribution in [0, 0.1) is 0 Å². The Hall–Kier alpha value is -1.56. The summed E-state index contributed by atoms with van der Waals surface area (Å²) in [5, 5.41) is 0. The lowest BCUT2D eigenvalue weighted by Gasteiger charge is -2.17. The van der Waals surface area contributed by atoms with Gasteiger partial charge in [-0.1, -0.05) is 63.1 Å². The number of unbranched alkanes of at least 4 members (excludes halogenated alkanes) is 2. The van der Waals surface area contributed by atoms with Gasteiger partial charge < -0.3 is 0 Å². The van der Waals surface area contributed by atoms with Gasteiger partial charge in [0, 0.05) is 0 Å². The topological polar surface area (TPSA) is 0 Å². The summed E-state index contributed by atoms with van der Waals surface area (Å²) in [5.41, 5.74) is 9.41. The molecule has 2 aromatic rings. The van der Waals surface area contributed by atoms with E-state index < -0.39 is 0 Å². The normalized spacial score (nSPS) is 13.8. The maximum Gasteiger partial charge on any atom is -0.0236 e. The Morgan fingerprint density at radius 2 is 1.08 bits per heavy atom. The van der Waals surface area contributed by atoms with Crippen molar-refractivity contribution in [3.8, 4) is 0 Å². The molecule has 4 aliphatic carbocycles. The lowest BCUT2D eigenvalue weighted by atomic mass is 9.89. The van der Waals surface area contributed by atoms with Crippen molar-refractivity contribution in [3.05, 3.63) is 69.8 Å². The highest BCUT2D eigenvalue weighted by Gasteiger charge is 2.10. The molecule has 0 aromatic heterocycles. The van der Waals surface area contributed by atoms with Crippen LogP contribution in [0.5, 0.6) is 0 Å². The first-order valence-electron chi connectivity index (χ1n) is 10.0. The summed E-state index contributed by atoms with van der Waals surface area (Å²) < 4.78 is 0. The zero-order chi connectivity index (χ0) is 16.8. The molecule has 0 N–H and O–H groups in total. The monoisotopic (exact) mass is 320 g/mol. The lowest BCUT2D eigenvalue weighted by molar-refractivity contribution is 0.770. The van der Waals surface area contributed by atoms with Crippen LogP contribution in [0.4, 0.5) is 0 Å². The summed E-state index contributed by atoms with van der Waals surface area (Å²) in [4.78, 5) is 0. The van der Waals surface area contributed by atoms with Crippen molar-refractivity contribution in [1.29, 1.82) is 0 Å². The van der Waals surface area contributed by atoms with Crippen LogP contribution in [-0.4, -0.2) is 0 Å². The van der Waals surface area contributed by atoms with E-state index in [0.717, 1.165) is 0 Å². The second kappa shape index (κ2) is 8.51. The first-order chi connectivity index (χ1) is 11.8. The van der Waals surface area contributed by atoms with Gasteiger partial charge >= 0.3 is 0 Å². The number of rotatable bonds is 6. The van der Waals surface area contributed by atoms with Gasteiger partial charge in [-0.15, -0.1) is 0 Å². The zero-order valence-electron chi connectivity index (χ0n) is 15.5. The van der Waals surface area contributed by atoms with Gasteiger partial charge in [0.25, 0.3) is 0 Å². The van der Waals surface area contributed by atoms with E-state index in [1.165, 1.54) is 75.3 Å². The van der Waals surface area contributed by atoms with E-state index in [-0.39, 0.29) is 0 Å². The fourth-order valence-electron chi connectivity index (χ4n) is 3.92. The molecule has 0 heterocycles. The fourth-order valence-corrected chi connectivity index (χ4v) is 3.92. The molecule has 6 rings (SSSR count). The summed E-state index contributed by atoms with van der Waals surface area (Å²) in [6, 6.07) is 14.6. The van der Waals surface area contributed by atoms with Crippen LogP contribution in [0.3, 0.4) is 0 Å². The smallest absolute Gasteiger partial charge is 0.0236 e. The van der Waals surface area contributed by atoms with Gasteiger partial charge in [0.05, 0.1) is 0 Å². The number of aryl methyl sites for hydroxylation is 6. The van der Waals surface area contributed by atoms with Crippen LogP contribution in [0.25, 0.3) is 0 Å². The standard InChI is InChI=1S/C24H32/c1-3-5-7-23-17-19-9-13-21(23)15-11-20-10-14-22(16-12-19)24(18-20)8-6-4-2/h9-10,13-14,17-18H,3-8,11-12,15-16H2,1-2H3. The largest absolute Gasteiger partial charge is 0.0654 e. The van der Waals surface area contributed by atoms with Gasteiger partial charge in [-0.25, -0.2) is 0 Å². The maximum absolute atomic E-state index is 2.50. The average Bonchev–Trinajstić information content (AvgIpc) is 2.60. The van der Waals surface area contributed by atoms with Crippen LogP contribution in [-0.2, 0) is 38.5 Å². The zero-order valence-corrected chi connectivity index (χ0v) is 15.5. The van der Waals surface area contributed by atoms with Gasteiger partial charge in [-0.2, -0.15) is 0 Å². The van der Waals surface area contributed by atoms with E-state index in [1.807, 2.05) is 0 Å². The Morgan fingerprint density at radius 3 is 1.50 bits per heavy atom. The van der Waals surface area contributed by atoms with Crippen molar-refractivity contribution in [1.82, 2.24) is 0 Å². The molecule has 0 fully saturated rings. The second-order valence-electron chi connectivity index (χ2n) is 7.41. The van der Waals surface area contributed by atoms with Gasteiger partial charge in [0.1, 0.15) is 0 Å². The third kappa shape index (κ3) is 4.29. The van der Waals surface area contributed by atoms with Gasteiger partial charge in [0.15, 0.2) is 0 Å². The number of benzene rings is 2. The molecule has 0 aliphatic heterocycles. The van der Waals surface area contributed by atoms with E-state index in [4.69, 9.17) is 0 Å². The molecule has 4 aliphatic rings. The molecular weight excluding hydrogens is 288 g/mol. The van der Waals surface area contributed by atoms with E-state index >= 15 is 0 Å². The van der Waals surface area contributed by atoms with Gasteiger partial charge in [-0.05, 0) is 84.7 Å². The van der Waals surface area contributed by atoms with Crippen molar-refractivity contribution in [3.63, 3.8) is 0 Å². The van der Waals surface area contributed by atoms with Crippen LogP contribution in [0.2, 0.25) is 0 Å². The SMILES string of the molecule is CCCCc1cc2ccc1CCc1ccc(c(CCCC)c1)CC2. The van der Waals surface area contributed by atoms with Crippen molar-refractivity contribution in [2.24, 2.45) is 0 Å². The molecule has 0 saturated carbocycles. The quantitative estimate of drug-likeness (QED) is 0.589. The average molecular weight is 321 g/mol. The van der Waals surface area contributed by atoms with Gasteiger partial charge in [0.2, 0.25) is 0 Å². The van der Waals surface area contributed by atoms with Crippen LogP contribution in [0.1, 0.15) is 72.9 Å². The third-order valence-corrected chi connectivity index (χ3v) is 5.51. The highest BCUT2D eigenvalue weighted by atomic mass is 14.2.